The Morgan fingerprint density at radius 2 is 1.35 bits per heavy atom. The molecule has 54 heavy (non-hydrogen) atoms. The van der Waals surface area contributed by atoms with Crippen LogP contribution in [0.2, 0.25) is 0 Å². The first kappa shape index (κ1) is 44.0. The normalized spacial score (nSPS) is 12.8. The van der Waals surface area contributed by atoms with E-state index in [1.165, 1.54) is 0 Å². The number of fused-ring (bicyclic) bond motifs is 3. The molecule has 1 atom stereocenters. The number of hydrogen-bond donors (Lipinski definition) is 12. The van der Waals surface area contributed by atoms with Gasteiger partial charge < -0.3 is 34.9 Å². The van der Waals surface area contributed by atoms with Gasteiger partial charge in [-0.05, 0) is 65.8 Å². The number of nitrogens with one attached hydrogen (secondary N) is 12. The Hall–Kier alpha value is -4.39. The maximum Gasteiger partial charge on any atom is 0.422 e. The second-order valence-corrected chi connectivity index (χ2v) is 11.8. The van der Waals surface area contributed by atoms with Gasteiger partial charge in [0.05, 0.1) is 13.2 Å². The summed E-state index contributed by atoms with van der Waals surface area (Å²) in [5.41, 5.74) is 23.4. The van der Waals surface area contributed by atoms with Gasteiger partial charge in [0.2, 0.25) is 11.8 Å². The van der Waals surface area contributed by atoms with Crippen LogP contribution in [0.1, 0.15) is 72.9 Å². The number of benzene rings is 2. The molecule has 2 aromatic rings. The molecule has 0 saturated heterocycles. The van der Waals surface area contributed by atoms with Gasteiger partial charge in [0.1, 0.15) is 6.61 Å². The summed E-state index contributed by atoms with van der Waals surface area (Å²) in [5.74, 6) is -1.16. The van der Waals surface area contributed by atoms with Crippen LogP contribution >= 0.6 is 0 Å². The molecule has 1 unspecified atom stereocenters. The van der Waals surface area contributed by atoms with Crippen LogP contribution in [-0.2, 0) is 28.5 Å². The average molecular weight is 765 g/mol. The largest absolute Gasteiger partial charge is 0.448 e. The van der Waals surface area contributed by atoms with Crippen molar-refractivity contribution in [3.8, 4) is 11.1 Å². The lowest BCUT2D eigenvalue weighted by molar-refractivity contribution is -0.121. The number of hydrogen-bond acceptors (Lipinski definition) is 16. The third kappa shape index (κ3) is 16.3. The van der Waals surface area contributed by atoms with Crippen molar-refractivity contribution >= 4 is 29.5 Å². The zero-order valence-electron chi connectivity index (χ0n) is 30.6. The summed E-state index contributed by atoms with van der Waals surface area (Å²) < 4.78 is 33.3. The van der Waals surface area contributed by atoms with E-state index < -0.39 is 12.0 Å². The molecule has 1 aliphatic rings. The first-order valence-electron chi connectivity index (χ1n) is 17.7. The van der Waals surface area contributed by atoms with Crippen molar-refractivity contribution in [2.75, 3.05) is 65.2 Å². The Morgan fingerprint density at radius 1 is 0.704 bits per heavy atom. The molecule has 21 heteroatoms. The minimum Gasteiger partial charge on any atom is -0.448 e. The highest BCUT2D eigenvalue weighted by Crippen LogP contribution is 2.46. The molecule has 1 aliphatic carbocycles. The lowest BCUT2D eigenvalue weighted by Gasteiger charge is -2.17. The highest BCUT2D eigenvalue weighted by molar-refractivity contribution is 5.96. The van der Waals surface area contributed by atoms with E-state index in [-0.39, 0.29) is 37.2 Å². The van der Waals surface area contributed by atoms with E-state index >= 15 is 0 Å². The first-order chi connectivity index (χ1) is 26.4. The van der Waals surface area contributed by atoms with Gasteiger partial charge in [-0.15, -0.1) is 4.48 Å². The number of methoxy groups -OCH3 is 1. The molecule has 3 rings (SSSR count). The molecule has 0 radical (unpaired) electrons. The molecule has 0 aliphatic heterocycles. The van der Waals surface area contributed by atoms with Gasteiger partial charge in [0.15, 0.2) is 0 Å². The molecule has 0 bridgehead atoms. The maximum absolute atomic E-state index is 13.1. The molecular weight excluding hydrogens is 711 g/mol. The Labute approximate surface area is 313 Å². The summed E-state index contributed by atoms with van der Waals surface area (Å²) in [4.78, 5) is 50.6. The van der Waals surface area contributed by atoms with Gasteiger partial charge in [0, 0.05) is 70.0 Å². The Kier molecular flexibility index (Phi) is 21.5. The summed E-state index contributed by atoms with van der Waals surface area (Å²) >= 11 is 0. The number of amides is 4. The Bertz CT molecular complexity index is 1460. The van der Waals surface area contributed by atoms with Crippen molar-refractivity contribution in [3.05, 3.63) is 53.1 Å². The molecular formula is C33H53FN12O8. The number of rotatable bonds is 29. The van der Waals surface area contributed by atoms with Crippen LogP contribution in [0, 0.1) is 0 Å². The van der Waals surface area contributed by atoms with Crippen molar-refractivity contribution in [2.45, 2.75) is 51.4 Å². The average Bonchev–Trinajstić information content (AvgIpc) is 3.47. The van der Waals surface area contributed by atoms with Gasteiger partial charge in [-0.25, -0.2) is 10.2 Å². The smallest absolute Gasteiger partial charge is 0.422 e. The third-order valence-corrected chi connectivity index (χ3v) is 7.85. The highest BCUT2D eigenvalue weighted by atomic mass is 19.2. The summed E-state index contributed by atoms with van der Waals surface area (Å²) in [5, 5.41) is 8.56. The predicted octanol–water partition coefficient (Wildman–Crippen LogP) is 0.271. The van der Waals surface area contributed by atoms with E-state index in [2.05, 4.69) is 61.5 Å². The Balaban J connectivity index is 1.60. The lowest BCUT2D eigenvalue weighted by atomic mass is 9.96. The molecule has 20 nitrogen and oxygen atoms in total. The van der Waals surface area contributed by atoms with Crippen LogP contribution in [0.15, 0.2) is 36.4 Å². The van der Waals surface area contributed by atoms with Crippen LogP contribution in [0.3, 0.4) is 0 Å². The van der Waals surface area contributed by atoms with Crippen LogP contribution in [0.4, 0.5) is 15.0 Å². The maximum atomic E-state index is 13.1. The SMILES string of the molecule is CCCCOCCNC(=O)CCCC(=O)Nc1ccc2c(c1)C(COC(=O)NNNNNNNNNF)c1cc(C(=O)NCCOCCCOC)ccc1-2. The summed E-state index contributed by atoms with van der Waals surface area (Å²) in [7, 11) is 1.62. The summed E-state index contributed by atoms with van der Waals surface area (Å²) in [6, 6.07) is 10.8. The second kappa shape index (κ2) is 26.4. The van der Waals surface area contributed by atoms with Crippen LogP contribution in [0.5, 0.6) is 0 Å². The van der Waals surface area contributed by atoms with Crippen molar-refractivity contribution in [1.82, 2.24) is 60.5 Å². The van der Waals surface area contributed by atoms with E-state index in [1.54, 1.807) is 25.3 Å². The van der Waals surface area contributed by atoms with Crippen LogP contribution in [-0.4, -0.2) is 83.7 Å². The van der Waals surface area contributed by atoms with E-state index in [1.807, 2.05) is 23.7 Å². The number of halogens is 1. The summed E-state index contributed by atoms with van der Waals surface area (Å²) in [6.07, 6.45) is 2.68. The standard InChI is InChI=1S/C33H53FN12O8/c1-3-4-16-52-18-13-35-30(47)7-5-8-31(48)37-24-10-12-26-25-11-9-23(32(49)36-14-19-53-17-6-15-51-2)20-27(25)29(28(26)21-24)22-54-33(50)38-40-42-44-46-45-43-41-39-34/h9-12,20-21,29,39-46H,3-8,13-19,22H2,1-2H3,(H,35,47)(H,36,49)(H,37,48)(H,38,50). The van der Waals surface area contributed by atoms with Crippen LogP contribution in [0.25, 0.3) is 11.1 Å². The number of carbonyl (C=O) groups is 4. The number of carbonyl (C=O) groups excluding carboxylic acids is 4. The molecule has 0 aromatic heterocycles. The number of anilines is 1. The lowest BCUT2D eigenvalue weighted by Crippen LogP contribution is -2.64. The van der Waals surface area contributed by atoms with Gasteiger partial charge in [-0.3, -0.25) is 14.4 Å². The minimum absolute atomic E-state index is 0.108. The Morgan fingerprint density at radius 3 is 2.07 bits per heavy atom. The monoisotopic (exact) mass is 764 g/mol. The number of hydrazine groups is 8. The molecule has 0 heterocycles. The van der Waals surface area contributed by atoms with E-state index in [0.717, 1.165) is 47.2 Å². The molecule has 0 fully saturated rings. The molecule has 12 N–H and O–H groups in total. The highest BCUT2D eigenvalue weighted by Gasteiger charge is 2.31. The van der Waals surface area contributed by atoms with Crippen molar-refractivity contribution in [3.63, 3.8) is 0 Å². The van der Waals surface area contributed by atoms with E-state index in [0.29, 0.717) is 63.8 Å². The summed E-state index contributed by atoms with van der Waals surface area (Å²) in [6.45, 7) is 5.30. The second-order valence-electron chi connectivity index (χ2n) is 11.8. The fraction of sp³-hybridized carbons (Fsp3) is 0.515. The molecule has 4 amide bonds. The van der Waals surface area contributed by atoms with E-state index in [4.69, 9.17) is 18.9 Å². The van der Waals surface area contributed by atoms with Crippen molar-refractivity contribution < 1.29 is 42.6 Å². The van der Waals surface area contributed by atoms with Crippen LogP contribution < -0.4 is 65.8 Å². The zero-order valence-corrected chi connectivity index (χ0v) is 30.6. The van der Waals surface area contributed by atoms with Gasteiger partial charge >= 0.3 is 6.09 Å². The van der Waals surface area contributed by atoms with Crippen molar-refractivity contribution in [1.29, 1.82) is 0 Å². The third-order valence-electron chi connectivity index (χ3n) is 7.85. The van der Waals surface area contributed by atoms with Gasteiger partial charge in [0.25, 0.3) is 5.91 Å². The molecule has 0 spiro atoms. The van der Waals surface area contributed by atoms with Gasteiger partial charge in [-0.1, -0.05) is 31.1 Å². The van der Waals surface area contributed by atoms with E-state index in [9.17, 15) is 23.7 Å². The number of ether oxygens (including phenoxy) is 4. The molecule has 2 aromatic carbocycles. The molecule has 0 saturated carbocycles. The van der Waals surface area contributed by atoms with Gasteiger partial charge in [-0.2, -0.15) is 38.7 Å². The molecule has 300 valence electrons. The van der Waals surface area contributed by atoms with Crippen molar-refractivity contribution in [2.24, 2.45) is 0 Å². The topological polar surface area (TPSA) is 250 Å². The fourth-order valence-corrected chi connectivity index (χ4v) is 5.29. The first-order valence-corrected chi connectivity index (χ1v) is 17.7. The quantitative estimate of drug-likeness (QED) is 0.0302. The number of unbranched alkanes of at least 4 members (excludes halogenated alkanes) is 1. The zero-order chi connectivity index (χ0) is 38.8. The predicted molar refractivity (Wildman–Crippen MR) is 195 cm³/mol. The fourth-order valence-electron chi connectivity index (χ4n) is 5.29. The minimum atomic E-state index is -0.828.